The highest BCUT2D eigenvalue weighted by atomic mass is 35.5. The van der Waals surface area contributed by atoms with Gasteiger partial charge in [-0.1, -0.05) is 53.0 Å². The second-order valence-electron chi connectivity index (χ2n) is 5.09. The Morgan fingerprint density at radius 3 is 2.25 bits per heavy atom. The van der Waals surface area contributed by atoms with Gasteiger partial charge in [-0.3, -0.25) is 9.48 Å². The molecule has 0 spiro atoms. The minimum absolute atomic E-state index is 0.173. The van der Waals surface area contributed by atoms with Crippen LogP contribution in [-0.2, 0) is 6.54 Å². The summed E-state index contributed by atoms with van der Waals surface area (Å²) in [6.07, 6.45) is 0. The molecule has 7 heteroatoms. The summed E-state index contributed by atoms with van der Waals surface area (Å²) in [5.74, 6) is 0. The van der Waals surface area contributed by atoms with E-state index in [1.807, 2.05) is 18.2 Å². The summed E-state index contributed by atoms with van der Waals surface area (Å²) in [6.45, 7) is 0.373. The molecule has 3 nitrogen and oxygen atoms in total. The highest BCUT2D eigenvalue weighted by Gasteiger charge is 2.15. The highest BCUT2D eigenvalue weighted by Crippen LogP contribution is 2.27. The summed E-state index contributed by atoms with van der Waals surface area (Å²) in [6, 6.07) is 14.1. The van der Waals surface area contributed by atoms with Gasteiger partial charge in [0.1, 0.15) is 5.69 Å². The zero-order valence-electron chi connectivity index (χ0n) is 12.1. The number of carbonyl (C=O) groups is 1. The van der Waals surface area contributed by atoms with E-state index in [1.54, 1.807) is 35.0 Å². The molecule has 0 unspecified atom stereocenters. The van der Waals surface area contributed by atoms with E-state index in [4.69, 9.17) is 46.4 Å². The van der Waals surface area contributed by atoms with Crippen molar-refractivity contribution in [3.05, 3.63) is 74.9 Å². The summed E-state index contributed by atoms with van der Waals surface area (Å²) < 4.78 is 1.67. The maximum absolute atomic E-state index is 11.5. The first kappa shape index (κ1) is 17.3. The number of nitrogens with zero attached hydrogens (tertiary/aromatic N) is 2. The molecule has 0 aliphatic rings. The zero-order valence-corrected chi connectivity index (χ0v) is 15.2. The Bertz CT molecular complexity index is 903. The van der Waals surface area contributed by atoms with Gasteiger partial charge >= 0.3 is 0 Å². The van der Waals surface area contributed by atoms with Gasteiger partial charge in [-0.15, -0.1) is 0 Å². The monoisotopic (exact) mass is 398 g/mol. The average molecular weight is 400 g/mol. The van der Waals surface area contributed by atoms with E-state index in [1.165, 1.54) is 0 Å². The van der Waals surface area contributed by atoms with Crippen LogP contribution in [0.2, 0.25) is 15.1 Å². The molecule has 24 heavy (non-hydrogen) atoms. The zero-order chi connectivity index (χ0) is 17.3. The van der Waals surface area contributed by atoms with Crippen molar-refractivity contribution in [1.29, 1.82) is 0 Å². The molecule has 0 saturated carbocycles. The standard InChI is InChI=1S/C17H10Cl4N2O/c18-12-4-1-10(2-5-12)16-8-15(17(21)24)22-23(16)9-11-3-6-13(19)7-14(11)20/h1-8H,9H2. The first-order valence-corrected chi connectivity index (χ1v) is 8.43. The van der Waals surface area contributed by atoms with Gasteiger partial charge in [0.2, 0.25) is 0 Å². The van der Waals surface area contributed by atoms with Crippen molar-refractivity contribution in [2.24, 2.45) is 0 Å². The molecule has 3 aromatic rings. The molecule has 0 radical (unpaired) electrons. The Kier molecular flexibility index (Phi) is 5.16. The van der Waals surface area contributed by atoms with E-state index in [9.17, 15) is 4.79 Å². The van der Waals surface area contributed by atoms with Crippen molar-refractivity contribution in [2.45, 2.75) is 6.54 Å². The molecule has 0 N–H and O–H groups in total. The van der Waals surface area contributed by atoms with Gasteiger partial charge in [-0.25, -0.2) is 0 Å². The lowest BCUT2D eigenvalue weighted by Gasteiger charge is -2.09. The lowest BCUT2D eigenvalue weighted by molar-refractivity contribution is 0.107. The number of hydrogen-bond donors (Lipinski definition) is 0. The van der Waals surface area contributed by atoms with Gasteiger partial charge in [0, 0.05) is 15.1 Å². The number of aromatic nitrogens is 2. The van der Waals surface area contributed by atoms with E-state index in [2.05, 4.69) is 5.10 Å². The van der Waals surface area contributed by atoms with Crippen LogP contribution < -0.4 is 0 Å². The SMILES string of the molecule is O=C(Cl)c1cc(-c2ccc(Cl)cc2)n(Cc2ccc(Cl)cc2Cl)n1. The molecule has 0 amide bonds. The molecular weight excluding hydrogens is 390 g/mol. The molecule has 3 rings (SSSR count). The van der Waals surface area contributed by atoms with Gasteiger partial charge < -0.3 is 0 Å². The maximum atomic E-state index is 11.5. The van der Waals surface area contributed by atoms with E-state index in [0.29, 0.717) is 21.6 Å². The molecular formula is C17H10Cl4N2O. The van der Waals surface area contributed by atoms with E-state index >= 15 is 0 Å². The Morgan fingerprint density at radius 1 is 0.958 bits per heavy atom. The van der Waals surface area contributed by atoms with Crippen molar-refractivity contribution < 1.29 is 4.79 Å². The van der Waals surface area contributed by atoms with Crippen LogP contribution in [-0.4, -0.2) is 15.0 Å². The second-order valence-corrected chi connectivity index (χ2v) is 6.71. The first-order chi connectivity index (χ1) is 11.4. The molecule has 0 fully saturated rings. The number of rotatable bonds is 4. The van der Waals surface area contributed by atoms with Crippen LogP contribution in [0.15, 0.2) is 48.5 Å². The molecule has 1 heterocycles. The molecule has 2 aromatic carbocycles. The topological polar surface area (TPSA) is 34.9 Å². The van der Waals surface area contributed by atoms with E-state index in [0.717, 1.165) is 16.8 Å². The largest absolute Gasteiger partial charge is 0.274 e. The minimum Gasteiger partial charge on any atom is -0.274 e. The summed E-state index contributed by atoms with van der Waals surface area (Å²) >= 11 is 23.7. The van der Waals surface area contributed by atoms with Crippen molar-refractivity contribution >= 4 is 51.6 Å². The van der Waals surface area contributed by atoms with Gasteiger partial charge in [0.25, 0.3) is 5.24 Å². The van der Waals surface area contributed by atoms with Gasteiger partial charge in [0.15, 0.2) is 0 Å². The predicted octanol–water partition coefficient (Wildman–Crippen LogP) is 5.94. The summed E-state index contributed by atoms with van der Waals surface area (Å²) in [5.41, 5.74) is 2.60. The quantitative estimate of drug-likeness (QED) is 0.509. The molecule has 122 valence electrons. The predicted molar refractivity (Wildman–Crippen MR) is 98.4 cm³/mol. The molecule has 0 aliphatic carbocycles. The minimum atomic E-state index is -0.619. The van der Waals surface area contributed by atoms with Crippen LogP contribution >= 0.6 is 46.4 Å². The van der Waals surface area contributed by atoms with Gasteiger partial charge in [-0.2, -0.15) is 5.10 Å². The molecule has 0 bridgehead atoms. The third-order valence-electron chi connectivity index (χ3n) is 3.46. The Labute approximate surface area is 158 Å². The Balaban J connectivity index is 2.05. The number of benzene rings is 2. The van der Waals surface area contributed by atoms with Crippen LogP contribution in [0.25, 0.3) is 11.3 Å². The fraction of sp³-hybridized carbons (Fsp3) is 0.0588. The molecule has 1 aromatic heterocycles. The fourth-order valence-corrected chi connectivity index (χ4v) is 2.98. The van der Waals surface area contributed by atoms with Crippen LogP contribution in [0.4, 0.5) is 0 Å². The Morgan fingerprint density at radius 2 is 1.62 bits per heavy atom. The fourth-order valence-electron chi connectivity index (χ4n) is 2.30. The molecule has 0 saturated heterocycles. The van der Waals surface area contributed by atoms with E-state index in [-0.39, 0.29) is 5.69 Å². The van der Waals surface area contributed by atoms with E-state index < -0.39 is 5.24 Å². The van der Waals surface area contributed by atoms with Crippen LogP contribution in [0, 0.1) is 0 Å². The molecule has 0 atom stereocenters. The normalized spacial score (nSPS) is 10.8. The summed E-state index contributed by atoms with van der Waals surface area (Å²) in [5, 5.41) is 5.36. The van der Waals surface area contributed by atoms with Crippen molar-refractivity contribution in [1.82, 2.24) is 9.78 Å². The number of halogens is 4. The highest BCUT2D eigenvalue weighted by molar-refractivity contribution is 6.67. The third-order valence-corrected chi connectivity index (χ3v) is 4.49. The molecule has 0 aliphatic heterocycles. The first-order valence-electron chi connectivity index (χ1n) is 6.91. The van der Waals surface area contributed by atoms with Crippen LogP contribution in [0.1, 0.15) is 16.1 Å². The van der Waals surface area contributed by atoms with Crippen molar-refractivity contribution in [3.8, 4) is 11.3 Å². The summed E-state index contributed by atoms with van der Waals surface area (Å²) in [4.78, 5) is 11.5. The maximum Gasteiger partial charge on any atom is 0.272 e. The summed E-state index contributed by atoms with van der Waals surface area (Å²) in [7, 11) is 0. The second kappa shape index (κ2) is 7.16. The van der Waals surface area contributed by atoms with Crippen LogP contribution in [0.3, 0.4) is 0 Å². The van der Waals surface area contributed by atoms with Gasteiger partial charge in [0.05, 0.1) is 12.2 Å². The Hall–Kier alpha value is -1.52. The average Bonchev–Trinajstić information content (AvgIpc) is 2.95. The number of carbonyl (C=O) groups excluding carboxylic acids is 1. The van der Waals surface area contributed by atoms with Gasteiger partial charge in [-0.05, 0) is 53.1 Å². The smallest absolute Gasteiger partial charge is 0.272 e. The van der Waals surface area contributed by atoms with Crippen molar-refractivity contribution in [2.75, 3.05) is 0 Å². The lowest BCUT2D eigenvalue weighted by atomic mass is 10.1. The lowest BCUT2D eigenvalue weighted by Crippen LogP contribution is -2.05. The third kappa shape index (κ3) is 3.76. The number of hydrogen-bond acceptors (Lipinski definition) is 2. The van der Waals surface area contributed by atoms with Crippen LogP contribution in [0.5, 0.6) is 0 Å². The van der Waals surface area contributed by atoms with Crippen molar-refractivity contribution in [3.63, 3.8) is 0 Å².